The van der Waals surface area contributed by atoms with Gasteiger partial charge in [-0.25, -0.2) is 0 Å². The number of carbonyl (C=O) groups is 1. The first kappa shape index (κ1) is 8.75. The summed E-state index contributed by atoms with van der Waals surface area (Å²) in [5, 5.41) is 0. The van der Waals surface area contributed by atoms with Crippen molar-refractivity contribution in [1.82, 2.24) is 0 Å². The highest BCUT2D eigenvalue weighted by Gasteiger charge is 2.23. The molecule has 13 heavy (non-hydrogen) atoms. The van der Waals surface area contributed by atoms with E-state index in [4.69, 9.17) is 9.47 Å². The summed E-state index contributed by atoms with van der Waals surface area (Å²) < 4.78 is 10.6. The van der Waals surface area contributed by atoms with Crippen LogP contribution in [0.3, 0.4) is 0 Å². The van der Waals surface area contributed by atoms with Crippen molar-refractivity contribution in [3.05, 3.63) is 11.8 Å². The molecule has 1 unspecified atom stereocenters. The number of Topliss-reactive ketones (excluding diaryl/α,β-unsaturated/α-hetero) is 1. The third-order valence-corrected chi connectivity index (χ3v) is 2.42. The molecule has 0 aromatic carbocycles. The van der Waals surface area contributed by atoms with E-state index in [0.717, 1.165) is 25.9 Å². The minimum Gasteiger partial charge on any atom is -0.490 e. The maximum absolute atomic E-state index is 11.5. The van der Waals surface area contributed by atoms with Crippen LogP contribution in [0.25, 0.3) is 0 Å². The van der Waals surface area contributed by atoms with E-state index >= 15 is 0 Å². The van der Waals surface area contributed by atoms with E-state index in [2.05, 4.69) is 0 Å². The number of hydrogen-bond donors (Lipinski definition) is 0. The Morgan fingerprint density at radius 2 is 2.46 bits per heavy atom. The van der Waals surface area contributed by atoms with Crippen LogP contribution in [-0.4, -0.2) is 25.1 Å². The molecule has 2 aliphatic heterocycles. The van der Waals surface area contributed by atoms with E-state index in [-0.39, 0.29) is 11.9 Å². The van der Waals surface area contributed by atoms with Crippen LogP contribution in [0.1, 0.15) is 25.7 Å². The predicted molar refractivity (Wildman–Crippen MR) is 47.3 cm³/mol. The van der Waals surface area contributed by atoms with Crippen LogP contribution >= 0.6 is 0 Å². The monoisotopic (exact) mass is 182 g/mol. The number of hydrogen-bond acceptors (Lipinski definition) is 3. The van der Waals surface area contributed by atoms with Gasteiger partial charge in [-0.1, -0.05) is 0 Å². The van der Waals surface area contributed by atoms with Gasteiger partial charge >= 0.3 is 0 Å². The molecule has 0 radical (unpaired) electrons. The molecule has 2 heterocycles. The van der Waals surface area contributed by atoms with E-state index in [1.807, 2.05) is 6.08 Å². The topological polar surface area (TPSA) is 35.5 Å². The largest absolute Gasteiger partial charge is 0.490 e. The number of carbonyl (C=O) groups excluding carboxylic acids is 1. The third kappa shape index (κ3) is 2.10. The van der Waals surface area contributed by atoms with Crippen LogP contribution < -0.4 is 0 Å². The molecule has 0 aromatic heterocycles. The number of ketones is 1. The minimum absolute atomic E-state index is 0.101. The molecule has 0 bridgehead atoms. The standard InChI is InChI=1S/C10H14O3/c11-9(10-4-2-6-13-10)7-8-3-1-5-12-8/h4,8H,1-3,5-7H2. The molecule has 2 aliphatic rings. The second-order valence-corrected chi connectivity index (χ2v) is 3.47. The Hall–Kier alpha value is -0.830. The fraction of sp³-hybridized carbons (Fsp3) is 0.700. The van der Waals surface area contributed by atoms with Crippen molar-refractivity contribution in [3.8, 4) is 0 Å². The van der Waals surface area contributed by atoms with Gasteiger partial charge in [0.1, 0.15) is 0 Å². The molecular weight excluding hydrogens is 168 g/mol. The number of ether oxygens (including phenoxy) is 2. The zero-order valence-corrected chi connectivity index (χ0v) is 7.62. The lowest BCUT2D eigenvalue weighted by Crippen LogP contribution is -2.14. The van der Waals surface area contributed by atoms with Crippen LogP contribution in [0.5, 0.6) is 0 Å². The maximum Gasteiger partial charge on any atom is 0.199 e. The zero-order chi connectivity index (χ0) is 9.10. The van der Waals surface area contributed by atoms with E-state index in [9.17, 15) is 4.79 Å². The second-order valence-electron chi connectivity index (χ2n) is 3.47. The van der Waals surface area contributed by atoms with E-state index < -0.39 is 0 Å². The van der Waals surface area contributed by atoms with Gasteiger partial charge in [0, 0.05) is 19.4 Å². The molecule has 1 fully saturated rings. The highest BCUT2D eigenvalue weighted by Crippen LogP contribution is 2.19. The smallest absolute Gasteiger partial charge is 0.199 e. The normalized spacial score (nSPS) is 27.1. The van der Waals surface area contributed by atoms with Crippen molar-refractivity contribution in [3.63, 3.8) is 0 Å². The number of rotatable bonds is 3. The molecule has 72 valence electrons. The van der Waals surface area contributed by atoms with Crippen LogP contribution in [0, 0.1) is 0 Å². The van der Waals surface area contributed by atoms with Crippen molar-refractivity contribution in [2.45, 2.75) is 31.8 Å². The Labute approximate surface area is 77.7 Å². The first-order valence-corrected chi connectivity index (χ1v) is 4.84. The van der Waals surface area contributed by atoms with Gasteiger partial charge in [-0.3, -0.25) is 4.79 Å². The predicted octanol–water partition coefficient (Wildman–Crippen LogP) is 1.43. The molecule has 2 rings (SSSR count). The van der Waals surface area contributed by atoms with Gasteiger partial charge in [-0.05, 0) is 18.9 Å². The van der Waals surface area contributed by atoms with Crippen LogP contribution in [-0.2, 0) is 14.3 Å². The minimum atomic E-state index is 0.101. The second kappa shape index (κ2) is 3.92. The highest BCUT2D eigenvalue weighted by atomic mass is 16.5. The first-order chi connectivity index (χ1) is 6.36. The summed E-state index contributed by atoms with van der Waals surface area (Å²) in [6.45, 7) is 1.46. The third-order valence-electron chi connectivity index (χ3n) is 2.42. The molecule has 0 saturated carbocycles. The van der Waals surface area contributed by atoms with Gasteiger partial charge in [0.15, 0.2) is 11.5 Å². The lowest BCUT2D eigenvalue weighted by Gasteiger charge is -2.08. The molecule has 0 amide bonds. The van der Waals surface area contributed by atoms with Gasteiger partial charge in [-0.15, -0.1) is 0 Å². The van der Waals surface area contributed by atoms with E-state index in [1.165, 1.54) is 0 Å². The highest BCUT2D eigenvalue weighted by molar-refractivity contribution is 5.94. The Kier molecular flexibility index (Phi) is 2.64. The lowest BCUT2D eigenvalue weighted by molar-refractivity contribution is -0.120. The Bertz CT molecular complexity index is 226. The summed E-state index contributed by atoms with van der Waals surface area (Å²) in [6, 6.07) is 0. The molecule has 1 saturated heterocycles. The van der Waals surface area contributed by atoms with Crippen molar-refractivity contribution < 1.29 is 14.3 Å². The van der Waals surface area contributed by atoms with E-state index in [0.29, 0.717) is 18.8 Å². The Morgan fingerprint density at radius 1 is 1.54 bits per heavy atom. The van der Waals surface area contributed by atoms with Crippen molar-refractivity contribution >= 4 is 5.78 Å². The van der Waals surface area contributed by atoms with Gasteiger partial charge in [-0.2, -0.15) is 0 Å². The molecule has 0 N–H and O–H groups in total. The fourth-order valence-corrected chi connectivity index (χ4v) is 1.72. The van der Waals surface area contributed by atoms with Crippen molar-refractivity contribution in [1.29, 1.82) is 0 Å². The summed E-state index contributed by atoms with van der Waals surface area (Å²) in [7, 11) is 0. The van der Waals surface area contributed by atoms with Crippen LogP contribution in [0.15, 0.2) is 11.8 Å². The fourth-order valence-electron chi connectivity index (χ4n) is 1.72. The average Bonchev–Trinajstić information content (AvgIpc) is 2.74. The average molecular weight is 182 g/mol. The van der Waals surface area contributed by atoms with E-state index in [1.54, 1.807) is 0 Å². The molecule has 1 atom stereocenters. The summed E-state index contributed by atoms with van der Waals surface area (Å²) >= 11 is 0. The Balaban J connectivity index is 1.83. The van der Waals surface area contributed by atoms with Gasteiger partial charge in [0.25, 0.3) is 0 Å². The Morgan fingerprint density at radius 3 is 3.08 bits per heavy atom. The summed E-state index contributed by atoms with van der Waals surface area (Å²) in [5.74, 6) is 0.653. The SMILES string of the molecule is O=C(CC1CCCO1)C1=CCCO1. The van der Waals surface area contributed by atoms with Crippen LogP contribution in [0.4, 0.5) is 0 Å². The molecule has 0 aliphatic carbocycles. The zero-order valence-electron chi connectivity index (χ0n) is 7.62. The van der Waals surface area contributed by atoms with Gasteiger partial charge in [0.2, 0.25) is 0 Å². The summed E-state index contributed by atoms with van der Waals surface area (Å²) in [5.41, 5.74) is 0. The molecular formula is C10H14O3. The quantitative estimate of drug-likeness (QED) is 0.662. The molecule has 0 aromatic rings. The first-order valence-electron chi connectivity index (χ1n) is 4.84. The van der Waals surface area contributed by atoms with Gasteiger partial charge in [0.05, 0.1) is 12.7 Å². The van der Waals surface area contributed by atoms with Gasteiger partial charge < -0.3 is 9.47 Å². The molecule has 3 heteroatoms. The van der Waals surface area contributed by atoms with Crippen molar-refractivity contribution in [2.75, 3.05) is 13.2 Å². The lowest BCUT2D eigenvalue weighted by atomic mass is 10.1. The summed E-state index contributed by atoms with van der Waals surface area (Å²) in [6.07, 6.45) is 5.46. The summed E-state index contributed by atoms with van der Waals surface area (Å²) in [4.78, 5) is 11.5. The molecule has 0 spiro atoms. The number of allylic oxidation sites excluding steroid dienone is 1. The molecule has 3 nitrogen and oxygen atoms in total. The maximum atomic E-state index is 11.5. The van der Waals surface area contributed by atoms with Crippen molar-refractivity contribution in [2.24, 2.45) is 0 Å². The van der Waals surface area contributed by atoms with Crippen LogP contribution in [0.2, 0.25) is 0 Å².